The SMILES string of the molecule is COc1ccc(C(=O)O)cc1OCCOc1cc(C)cc(C)c1C. The van der Waals surface area contributed by atoms with Crippen LogP contribution in [0.5, 0.6) is 17.2 Å². The minimum absolute atomic E-state index is 0.150. The molecule has 2 rings (SSSR count). The van der Waals surface area contributed by atoms with Crippen LogP contribution in [-0.2, 0) is 0 Å². The number of hydrogen-bond acceptors (Lipinski definition) is 4. The summed E-state index contributed by atoms with van der Waals surface area (Å²) in [6.45, 7) is 6.73. The van der Waals surface area contributed by atoms with Gasteiger partial charge in [0.15, 0.2) is 11.5 Å². The summed E-state index contributed by atoms with van der Waals surface area (Å²) in [6, 6.07) is 8.61. The summed E-state index contributed by atoms with van der Waals surface area (Å²) < 4.78 is 16.6. The van der Waals surface area contributed by atoms with Crippen molar-refractivity contribution in [2.75, 3.05) is 20.3 Å². The van der Waals surface area contributed by atoms with Crippen LogP contribution in [0.15, 0.2) is 30.3 Å². The molecule has 2 aromatic rings. The van der Waals surface area contributed by atoms with Crippen molar-refractivity contribution >= 4 is 5.97 Å². The standard InChI is InChI=1S/C19H22O5/c1-12-9-13(2)14(3)17(10-12)23-7-8-24-18-11-15(19(20)21)5-6-16(18)22-4/h5-6,9-11H,7-8H2,1-4H3,(H,20,21). The van der Waals surface area contributed by atoms with Crippen molar-refractivity contribution in [1.29, 1.82) is 0 Å². The first-order chi connectivity index (χ1) is 11.4. The number of rotatable bonds is 7. The smallest absolute Gasteiger partial charge is 0.335 e. The maximum absolute atomic E-state index is 11.0. The molecule has 2 aromatic carbocycles. The predicted molar refractivity (Wildman–Crippen MR) is 91.6 cm³/mol. The molecule has 0 heterocycles. The van der Waals surface area contributed by atoms with Gasteiger partial charge in [0.1, 0.15) is 19.0 Å². The molecule has 128 valence electrons. The van der Waals surface area contributed by atoms with Crippen molar-refractivity contribution in [3.8, 4) is 17.2 Å². The second-order valence-corrected chi connectivity index (χ2v) is 5.57. The van der Waals surface area contributed by atoms with Gasteiger partial charge in [-0.05, 0) is 61.7 Å². The predicted octanol–water partition coefficient (Wildman–Crippen LogP) is 3.78. The van der Waals surface area contributed by atoms with Crippen molar-refractivity contribution in [3.63, 3.8) is 0 Å². The number of ether oxygens (including phenoxy) is 3. The Kier molecular flexibility index (Phi) is 5.68. The highest BCUT2D eigenvalue weighted by Crippen LogP contribution is 2.28. The van der Waals surface area contributed by atoms with Crippen LogP contribution in [0.2, 0.25) is 0 Å². The number of hydrogen-bond donors (Lipinski definition) is 1. The van der Waals surface area contributed by atoms with Gasteiger partial charge in [-0.15, -0.1) is 0 Å². The average Bonchev–Trinajstić information content (AvgIpc) is 2.55. The van der Waals surface area contributed by atoms with Crippen LogP contribution < -0.4 is 14.2 Å². The zero-order valence-corrected chi connectivity index (χ0v) is 14.4. The normalized spacial score (nSPS) is 10.3. The average molecular weight is 330 g/mol. The van der Waals surface area contributed by atoms with Crippen molar-refractivity contribution in [2.24, 2.45) is 0 Å². The molecule has 0 radical (unpaired) electrons. The van der Waals surface area contributed by atoms with Gasteiger partial charge >= 0.3 is 5.97 Å². The van der Waals surface area contributed by atoms with E-state index < -0.39 is 5.97 Å². The fourth-order valence-electron chi connectivity index (χ4n) is 2.38. The van der Waals surface area contributed by atoms with Gasteiger partial charge < -0.3 is 19.3 Å². The molecule has 0 spiro atoms. The maximum atomic E-state index is 11.0. The van der Waals surface area contributed by atoms with Crippen LogP contribution in [0, 0.1) is 20.8 Å². The number of carboxylic acid groups (broad SMARTS) is 1. The lowest BCUT2D eigenvalue weighted by atomic mass is 10.1. The number of aryl methyl sites for hydroxylation is 2. The molecule has 0 saturated carbocycles. The first kappa shape index (κ1) is 17.7. The lowest BCUT2D eigenvalue weighted by Crippen LogP contribution is -2.11. The van der Waals surface area contributed by atoms with Crippen molar-refractivity contribution in [3.05, 3.63) is 52.6 Å². The van der Waals surface area contributed by atoms with Gasteiger partial charge in [0.05, 0.1) is 12.7 Å². The Labute approximate surface area is 141 Å². The van der Waals surface area contributed by atoms with Crippen LogP contribution in [0.3, 0.4) is 0 Å². The minimum atomic E-state index is -1.01. The van der Waals surface area contributed by atoms with Crippen LogP contribution in [0.25, 0.3) is 0 Å². The first-order valence-electron chi connectivity index (χ1n) is 7.67. The molecule has 0 aliphatic rings. The summed E-state index contributed by atoms with van der Waals surface area (Å²) in [5.74, 6) is 0.702. The Balaban J connectivity index is 2.00. The molecule has 0 unspecified atom stereocenters. The van der Waals surface area contributed by atoms with Gasteiger partial charge in [0, 0.05) is 0 Å². The summed E-state index contributed by atoms with van der Waals surface area (Å²) in [5, 5.41) is 9.05. The highest BCUT2D eigenvalue weighted by molar-refractivity contribution is 5.88. The fraction of sp³-hybridized carbons (Fsp3) is 0.316. The van der Waals surface area contributed by atoms with E-state index in [0.29, 0.717) is 18.1 Å². The lowest BCUT2D eigenvalue weighted by Gasteiger charge is -2.14. The monoisotopic (exact) mass is 330 g/mol. The van der Waals surface area contributed by atoms with E-state index in [1.54, 1.807) is 6.07 Å². The zero-order valence-electron chi connectivity index (χ0n) is 14.4. The van der Waals surface area contributed by atoms with E-state index in [-0.39, 0.29) is 12.2 Å². The summed E-state index contributed by atoms with van der Waals surface area (Å²) in [6.07, 6.45) is 0. The summed E-state index contributed by atoms with van der Waals surface area (Å²) in [7, 11) is 1.51. The molecule has 0 atom stereocenters. The highest BCUT2D eigenvalue weighted by Gasteiger charge is 2.10. The molecule has 0 saturated heterocycles. The lowest BCUT2D eigenvalue weighted by molar-refractivity contribution is 0.0696. The molecule has 24 heavy (non-hydrogen) atoms. The maximum Gasteiger partial charge on any atom is 0.335 e. The number of methoxy groups -OCH3 is 1. The fourth-order valence-corrected chi connectivity index (χ4v) is 2.38. The molecular formula is C19H22O5. The zero-order chi connectivity index (χ0) is 17.7. The summed E-state index contributed by atoms with van der Waals surface area (Å²) in [5.41, 5.74) is 3.58. The minimum Gasteiger partial charge on any atom is -0.493 e. The number of carboxylic acids is 1. The molecule has 0 bridgehead atoms. The van der Waals surface area contributed by atoms with E-state index in [2.05, 4.69) is 6.07 Å². The summed E-state index contributed by atoms with van der Waals surface area (Å²) >= 11 is 0. The second kappa shape index (κ2) is 7.73. The topological polar surface area (TPSA) is 65.0 Å². The van der Waals surface area contributed by atoms with E-state index in [4.69, 9.17) is 19.3 Å². The van der Waals surface area contributed by atoms with Gasteiger partial charge in [-0.2, -0.15) is 0 Å². The Bertz CT molecular complexity index is 737. The molecule has 5 nitrogen and oxygen atoms in total. The largest absolute Gasteiger partial charge is 0.493 e. The molecule has 0 aliphatic carbocycles. The third kappa shape index (κ3) is 4.19. The van der Waals surface area contributed by atoms with E-state index in [0.717, 1.165) is 16.9 Å². The van der Waals surface area contributed by atoms with Crippen molar-refractivity contribution < 1.29 is 24.1 Å². The van der Waals surface area contributed by atoms with Crippen LogP contribution in [0.1, 0.15) is 27.0 Å². The third-order valence-electron chi connectivity index (χ3n) is 3.77. The highest BCUT2D eigenvalue weighted by atomic mass is 16.5. The molecule has 0 fully saturated rings. The van der Waals surface area contributed by atoms with Crippen molar-refractivity contribution in [1.82, 2.24) is 0 Å². The molecular weight excluding hydrogens is 308 g/mol. The Morgan fingerprint density at radius 3 is 2.25 bits per heavy atom. The van der Waals surface area contributed by atoms with Gasteiger partial charge in [-0.25, -0.2) is 4.79 Å². The number of aromatic carboxylic acids is 1. The Morgan fingerprint density at radius 1 is 0.958 bits per heavy atom. The van der Waals surface area contributed by atoms with Crippen LogP contribution in [0.4, 0.5) is 0 Å². The molecule has 0 amide bonds. The van der Waals surface area contributed by atoms with Gasteiger partial charge in [0.25, 0.3) is 0 Å². The van der Waals surface area contributed by atoms with E-state index in [9.17, 15) is 4.79 Å². The number of carbonyl (C=O) groups is 1. The van der Waals surface area contributed by atoms with Crippen LogP contribution in [-0.4, -0.2) is 31.4 Å². The summed E-state index contributed by atoms with van der Waals surface area (Å²) in [4.78, 5) is 11.0. The third-order valence-corrected chi connectivity index (χ3v) is 3.77. The molecule has 0 aliphatic heterocycles. The van der Waals surface area contributed by atoms with Crippen molar-refractivity contribution in [2.45, 2.75) is 20.8 Å². The Morgan fingerprint density at radius 2 is 1.62 bits per heavy atom. The van der Waals surface area contributed by atoms with Gasteiger partial charge in [-0.1, -0.05) is 6.07 Å². The molecule has 1 N–H and O–H groups in total. The van der Waals surface area contributed by atoms with Gasteiger partial charge in [-0.3, -0.25) is 0 Å². The first-order valence-corrected chi connectivity index (χ1v) is 7.67. The van der Waals surface area contributed by atoms with Crippen LogP contribution >= 0.6 is 0 Å². The van der Waals surface area contributed by atoms with Gasteiger partial charge in [0.2, 0.25) is 0 Å². The number of benzene rings is 2. The molecule has 0 aromatic heterocycles. The Hall–Kier alpha value is -2.69. The quantitative estimate of drug-likeness (QED) is 0.783. The second-order valence-electron chi connectivity index (χ2n) is 5.57. The van der Waals surface area contributed by atoms with E-state index in [1.807, 2.05) is 26.8 Å². The molecule has 5 heteroatoms. The van der Waals surface area contributed by atoms with E-state index in [1.165, 1.54) is 24.8 Å². The van der Waals surface area contributed by atoms with E-state index >= 15 is 0 Å².